The lowest BCUT2D eigenvalue weighted by Gasteiger charge is -2.14. The zero-order chi connectivity index (χ0) is 11.6. The SMILES string of the molecule is NCc1c(OC(F)(F)F)ccc(Cl)c1N. The maximum Gasteiger partial charge on any atom is 0.573 e. The van der Waals surface area contributed by atoms with Gasteiger partial charge in [-0.3, -0.25) is 0 Å². The molecule has 0 heterocycles. The summed E-state index contributed by atoms with van der Waals surface area (Å²) in [6.45, 7) is -0.183. The Morgan fingerprint density at radius 1 is 1.33 bits per heavy atom. The Hall–Kier alpha value is -1.14. The first-order valence-electron chi connectivity index (χ1n) is 3.88. The monoisotopic (exact) mass is 240 g/mol. The van der Waals surface area contributed by atoms with Crippen LogP contribution in [-0.2, 0) is 6.54 Å². The van der Waals surface area contributed by atoms with Gasteiger partial charge >= 0.3 is 6.36 Å². The Bertz CT molecular complexity index is 368. The lowest BCUT2D eigenvalue weighted by molar-refractivity contribution is -0.274. The molecule has 0 aromatic heterocycles. The number of halogens is 4. The molecule has 84 valence electrons. The molecule has 0 saturated carbocycles. The van der Waals surface area contributed by atoms with Crippen molar-refractivity contribution in [1.29, 1.82) is 0 Å². The van der Waals surface area contributed by atoms with Crippen LogP contribution >= 0.6 is 11.6 Å². The third-order valence-electron chi connectivity index (χ3n) is 1.69. The van der Waals surface area contributed by atoms with Crippen LogP contribution in [0, 0.1) is 0 Å². The second-order valence-corrected chi connectivity index (χ2v) is 3.10. The molecule has 0 bridgehead atoms. The smallest absolute Gasteiger partial charge is 0.405 e. The van der Waals surface area contributed by atoms with Gasteiger partial charge in [-0.2, -0.15) is 0 Å². The normalized spacial score (nSPS) is 11.5. The summed E-state index contributed by atoms with van der Waals surface area (Å²) in [7, 11) is 0. The van der Waals surface area contributed by atoms with Crippen molar-refractivity contribution in [2.75, 3.05) is 5.73 Å². The third-order valence-corrected chi connectivity index (χ3v) is 2.02. The first-order valence-corrected chi connectivity index (χ1v) is 4.25. The predicted molar refractivity (Wildman–Crippen MR) is 50.4 cm³/mol. The molecular formula is C8H8ClF3N2O. The van der Waals surface area contributed by atoms with Crippen molar-refractivity contribution in [2.45, 2.75) is 12.9 Å². The summed E-state index contributed by atoms with van der Waals surface area (Å²) in [6, 6.07) is 2.30. The van der Waals surface area contributed by atoms with Gasteiger partial charge in [-0.05, 0) is 12.1 Å². The van der Waals surface area contributed by atoms with Crippen LogP contribution in [0.2, 0.25) is 5.02 Å². The summed E-state index contributed by atoms with van der Waals surface area (Å²) in [6.07, 6.45) is -4.77. The van der Waals surface area contributed by atoms with Gasteiger partial charge in [0.2, 0.25) is 0 Å². The van der Waals surface area contributed by atoms with Crippen LogP contribution in [0.25, 0.3) is 0 Å². The first kappa shape index (κ1) is 11.9. The maximum atomic E-state index is 12.0. The molecule has 1 aromatic carbocycles. The number of benzene rings is 1. The summed E-state index contributed by atoms with van der Waals surface area (Å²) in [5.41, 5.74) is 10.7. The summed E-state index contributed by atoms with van der Waals surface area (Å²) in [5.74, 6) is -0.424. The molecule has 0 aliphatic rings. The number of hydrogen-bond donors (Lipinski definition) is 2. The van der Waals surface area contributed by atoms with E-state index >= 15 is 0 Å². The number of anilines is 1. The standard InChI is InChI=1S/C8H8ClF3N2O/c9-5-1-2-6(15-8(10,11)12)4(3-13)7(5)14/h1-2H,3,13-14H2. The van der Waals surface area contributed by atoms with Gasteiger partial charge in [0, 0.05) is 12.1 Å². The number of hydrogen-bond acceptors (Lipinski definition) is 3. The van der Waals surface area contributed by atoms with Crippen molar-refractivity contribution in [1.82, 2.24) is 0 Å². The molecule has 3 nitrogen and oxygen atoms in total. The zero-order valence-electron chi connectivity index (χ0n) is 7.44. The van der Waals surface area contributed by atoms with Crippen molar-refractivity contribution in [3.05, 3.63) is 22.7 Å². The molecule has 0 atom stereocenters. The Morgan fingerprint density at radius 3 is 2.40 bits per heavy atom. The van der Waals surface area contributed by atoms with Crippen LogP contribution in [0.4, 0.5) is 18.9 Å². The summed E-state index contributed by atoms with van der Waals surface area (Å²) >= 11 is 5.62. The van der Waals surface area contributed by atoms with Gasteiger partial charge in [-0.25, -0.2) is 0 Å². The van der Waals surface area contributed by atoms with Crippen LogP contribution in [0.15, 0.2) is 12.1 Å². The Morgan fingerprint density at radius 2 is 1.93 bits per heavy atom. The molecule has 0 aliphatic heterocycles. The quantitative estimate of drug-likeness (QED) is 0.780. The highest BCUT2D eigenvalue weighted by molar-refractivity contribution is 6.33. The van der Waals surface area contributed by atoms with Crippen LogP contribution in [0.1, 0.15) is 5.56 Å². The molecular weight excluding hydrogens is 233 g/mol. The minimum absolute atomic E-state index is 0.000849. The number of rotatable bonds is 2. The second-order valence-electron chi connectivity index (χ2n) is 2.69. The molecule has 0 spiro atoms. The first-order chi connectivity index (χ1) is 6.85. The van der Waals surface area contributed by atoms with Gasteiger partial charge in [0.15, 0.2) is 0 Å². The lowest BCUT2D eigenvalue weighted by atomic mass is 10.1. The number of nitrogen functional groups attached to an aromatic ring is 1. The molecule has 0 fully saturated rings. The minimum Gasteiger partial charge on any atom is -0.405 e. The van der Waals surface area contributed by atoms with Crippen LogP contribution in [0.5, 0.6) is 5.75 Å². The third kappa shape index (κ3) is 2.90. The van der Waals surface area contributed by atoms with Gasteiger partial charge in [0.25, 0.3) is 0 Å². The van der Waals surface area contributed by atoms with Gasteiger partial charge < -0.3 is 16.2 Å². The summed E-state index contributed by atoms with van der Waals surface area (Å²) in [5, 5.41) is 0.143. The van der Waals surface area contributed by atoms with E-state index in [0.717, 1.165) is 6.07 Å². The fourth-order valence-electron chi connectivity index (χ4n) is 1.05. The van der Waals surface area contributed by atoms with Crippen molar-refractivity contribution in [2.24, 2.45) is 5.73 Å². The lowest BCUT2D eigenvalue weighted by Crippen LogP contribution is -2.19. The molecule has 7 heteroatoms. The largest absolute Gasteiger partial charge is 0.573 e. The van der Waals surface area contributed by atoms with E-state index in [2.05, 4.69) is 4.74 Å². The van der Waals surface area contributed by atoms with E-state index < -0.39 is 12.1 Å². The van der Waals surface area contributed by atoms with Crippen LogP contribution < -0.4 is 16.2 Å². The molecule has 0 aliphatic carbocycles. The van der Waals surface area contributed by atoms with E-state index in [-0.39, 0.29) is 22.8 Å². The Labute approximate surface area is 88.8 Å². The maximum absolute atomic E-state index is 12.0. The van der Waals surface area contributed by atoms with Crippen LogP contribution in [-0.4, -0.2) is 6.36 Å². The molecule has 0 unspecified atom stereocenters. The average Bonchev–Trinajstić information content (AvgIpc) is 2.10. The molecule has 0 amide bonds. The van der Waals surface area contributed by atoms with Crippen molar-refractivity contribution < 1.29 is 17.9 Å². The van der Waals surface area contributed by atoms with E-state index in [1.807, 2.05) is 0 Å². The van der Waals surface area contributed by atoms with E-state index in [0.29, 0.717) is 0 Å². The molecule has 15 heavy (non-hydrogen) atoms. The van der Waals surface area contributed by atoms with Crippen molar-refractivity contribution in [3.63, 3.8) is 0 Å². The Kier molecular flexibility index (Phi) is 3.31. The number of ether oxygens (including phenoxy) is 1. The molecule has 0 saturated heterocycles. The van der Waals surface area contributed by atoms with Gasteiger partial charge in [0.05, 0.1) is 10.7 Å². The number of nitrogens with two attached hydrogens (primary N) is 2. The number of alkyl halides is 3. The van der Waals surface area contributed by atoms with Gasteiger partial charge in [-0.1, -0.05) is 11.6 Å². The highest BCUT2D eigenvalue weighted by Gasteiger charge is 2.32. The second kappa shape index (κ2) is 4.16. The van der Waals surface area contributed by atoms with Crippen molar-refractivity contribution in [3.8, 4) is 5.75 Å². The van der Waals surface area contributed by atoms with E-state index in [4.69, 9.17) is 23.1 Å². The molecule has 1 aromatic rings. The van der Waals surface area contributed by atoms with Gasteiger partial charge in [0.1, 0.15) is 5.75 Å². The highest BCUT2D eigenvalue weighted by Crippen LogP contribution is 2.33. The van der Waals surface area contributed by atoms with E-state index in [1.54, 1.807) is 0 Å². The minimum atomic E-state index is -4.77. The zero-order valence-corrected chi connectivity index (χ0v) is 8.19. The topological polar surface area (TPSA) is 61.3 Å². The predicted octanol–water partition coefficient (Wildman–Crippen LogP) is 2.28. The van der Waals surface area contributed by atoms with Crippen molar-refractivity contribution >= 4 is 17.3 Å². The summed E-state index contributed by atoms with van der Waals surface area (Å²) < 4.78 is 39.6. The van der Waals surface area contributed by atoms with E-state index in [9.17, 15) is 13.2 Å². The Balaban J connectivity index is 3.14. The average molecular weight is 241 g/mol. The fraction of sp³-hybridized carbons (Fsp3) is 0.250. The molecule has 0 radical (unpaired) electrons. The van der Waals surface area contributed by atoms with Crippen LogP contribution in [0.3, 0.4) is 0 Å². The van der Waals surface area contributed by atoms with E-state index in [1.165, 1.54) is 6.07 Å². The van der Waals surface area contributed by atoms with Gasteiger partial charge in [-0.15, -0.1) is 13.2 Å². The summed E-state index contributed by atoms with van der Waals surface area (Å²) in [4.78, 5) is 0. The molecule has 4 N–H and O–H groups in total. The highest BCUT2D eigenvalue weighted by atomic mass is 35.5. The molecule has 1 rings (SSSR count). The fourth-order valence-corrected chi connectivity index (χ4v) is 1.22.